The third-order valence-electron chi connectivity index (χ3n) is 3.23. The molecule has 0 saturated carbocycles. The van der Waals surface area contributed by atoms with Gasteiger partial charge in [-0.1, -0.05) is 26.8 Å². The van der Waals surface area contributed by atoms with Gasteiger partial charge in [0.05, 0.1) is 5.69 Å². The van der Waals surface area contributed by atoms with Crippen molar-refractivity contribution in [2.45, 2.75) is 27.3 Å². The van der Waals surface area contributed by atoms with Crippen molar-refractivity contribution in [2.24, 2.45) is 11.8 Å². The first-order valence-corrected chi connectivity index (χ1v) is 7.03. The van der Waals surface area contributed by atoms with Crippen molar-refractivity contribution in [1.82, 2.24) is 9.88 Å². The Morgan fingerprint density at radius 3 is 2.59 bits per heavy atom. The number of nitrogens with zero attached hydrogens (tertiary/aromatic N) is 2. The van der Waals surface area contributed by atoms with Gasteiger partial charge in [-0.05, 0) is 36.3 Å². The van der Waals surface area contributed by atoms with E-state index in [1.165, 1.54) is 0 Å². The highest BCUT2D eigenvalue weighted by Crippen LogP contribution is 2.15. The van der Waals surface area contributed by atoms with Gasteiger partial charge in [0, 0.05) is 19.3 Å². The molecule has 0 fully saturated rings. The Balaban J connectivity index is 2.54. The van der Waals surface area contributed by atoms with Gasteiger partial charge < -0.3 is 0 Å². The predicted molar refractivity (Wildman–Crippen MR) is 77.4 cm³/mol. The van der Waals surface area contributed by atoms with Gasteiger partial charge in [-0.25, -0.2) is 0 Å². The number of aromatic nitrogens is 1. The molecule has 1 atom stereocenters. The highest BCUT2D eigenvalue weighted by Gasteiger charge is 2.15. The maximum absolute atomic E-state index is 4.45. The summed E-state index contributed by atoms with van der Waals surface area (Å²) < 4.78 is 0. The SMILES string of the molecule is CCN(Cc1ccccn1)CC(CS)C(C)C. The lowest BCUT2D eigenvalue weighted by Gasteiger charge is -2.27. The molecule has 17 heavy (non-hydrogen) atoms. The standard InChI is InChI=1S/C14H24N2S/c1-4-16(9-13(11-17)12(2)3)10-14-7-5-6-8-15-14/h5-8,12-13,17H,4,9-11H2,1-3H3. The maximum Gasteiger partial charge on any atom is 0.0543 e. The third kappa shape index (κ3) is 5.09. The zero-order valence-corrected chi connectivity index (χ0v) is 12.0. The summed E-state index contributed by atoms with van der Waals surface area (Å²) >= 11 is 4.45. The number of thiol groups is 1. The van der Waals surface area contributed by atoms with Crippen molar-refractivity contribution in [3.63, 3.8) is 0 Å². The van der Waals surface area contributed by atoms with Crippen molar-refractivity contribution in [3.8, 4) is 0 Å². The lowest BCUT2D eigenvalue weighted by Crippen LogP contribution is -2.32. The molecule has 1 rings (SSSR count). The van der Waals surface area contributed by atoms with Gasteiger partial charge >= 0.3 is 0 Å². The van der Waals surface area contributed by atoms with E-state index in [2.05, 4.69) is 55.4 Å². The Hall–Kier alpha value is -0.540. The van der Waals surface area contributed by atoms with Crippen LogP contribution in [0.1, 0.15) is 26.5 Å². The van der Waals surface area contributed by atoms with Crippen LogP contribution in [0.3, 0.4) is 0 Å². The molecule has 2 nitrogen and oxygen atoms in total. The molecule has 0 aliphatic heterocycles. The van der Waals surface area contributed by atoms with Crippen LogP contribution in [0.15, 0.2) is 24.4 Å². The molecule has 1 aromatic rings. The van der Waals surface area contributed by atoms with Crippen LogP contribution in [0.2, 0.25) is 0 Å². The summed E-state index contributed by atoms with van der Waals surface area (Å²) in [6, 6.07) is 6.10. The maximum atomic E-state index is 4.45. The minimum Gasteiger partial charge on any atom is -0.297 e. The lowest BCUT2D eigenvalue weighted by atomic mass is 9.97. The molecule has 0 bridgehead atoms. The van der Waals surface area contributed by atoms with E-state index in [1.54, 1.807) is 0 Å². The molecule has 1 unspecified atom stereocenters. The van der Waals surface area contributed by atoms with Crippen LogP contribution >= 0.6 is 12.6 Å². The molecule has 1 heterocycles. The summed E-state index contributed by atoms with van der Waals surface area (Å²) in [5, 5.41) is 0. The number of pyridine rings is 1. The zero-order chi connectivity index (χ0) is 12.7. The third-order valence-corrected chi connectivity index (χ3v) is 3.70. The molecule has 0 spiro atoms. The van der Waals surface area contributed by atoms with Crippen molar-refractivity contribution < 1.29 is 0 Å². The quantitative estimate of drug-likeness (QED) is 0.751. The average Bonchev–Trinajstić information content (AvgIpc) is 2.35. The Labute approximate surface area is 111 Å². The van der Waals surface area contributed by atoms with Crippen LogP contribution in [0.25, 0.3) is 0 Å². The molecule has 0 aliphatic carbocycles. The van der Waals surface area contributed by atoms with Gasteiger partial charge in [-0.3, -0.25) is 9.88 Å². The van der Waals surface area contributed by atoms with E-state index in [4.69, 9.17) is 0 Å². The summed E-state index contributed by atoms with van der Waals surface area (Å²) in [6.45, 7) is 9.86. The first kappa shape index (κ1) is 14.5. The van der Waals surface area contributed by atoms with Crippen LogP contribution in [0, 0.1) is 11.8 Å². The molecule has 0 amide bonds. The van der Waals surface area contributed by atoms with Gasteiger partial charge in [-0.2, -0.15) is 12.6 Å². The van der Waals surface area contributed by atoms with Gasteiger partial charge in [-0.15, -0.1) is 0 Å². The summed E-state index contributed by atoms with van der Waals surface area (Å²) in [5.74, 6) is 2.29. The van der Waals surface area contributed by atoms with E-state index < -0.39 is 0 Å². The molecular weight excluding hydrogens is 228 g/mol. The van der Waals surface area contributed by atoms with E-state index in [0.29, 0.717) is 11.8 Å². The fourth-order valence-corrected chi connectivity index (χ4v) is 2.37. The van der Waals surface area contributed by atoms with Crippen LogP contribution in [0.4, 0.5) is 0 Å². The first-order chi connectivity index (χ1) is 8.17. The Kier molecular flexibility index (Phi) is 6.60. The van der Waals surface area contributed by atoms with Crippen molar-refractivity contribution >= 4 is 12.6 Å². The van der Waals surface area contributed by atoms with Crippen molar-refractivity contribution in [3.05, 3.63) is 30.1 Å². The largest absolute Gasteiger partial charge is 0.297 e. The molecule has 3 heteroatoms. The van der Waals surface area contributed by atoms with Gasteiger partial charge in [0.2, 0.25) is 0 Å². The summed E-state index contributed by atoms with van der Waals surface area (Å²) in [5.41, 5.74) is 1.15. The van der Waals surface area contributed by atoms with Gasteiger partial charge in [0.25, 0.3) is 0 Å². The molecule has 1 aromatic heterocycles. The smallest absolute Gasteiger partial charge is 0.0543 e. The molecule has 0 aromatic carbocycles. The molecule has 0 saturated heterocycles. The number of rotatable bonds is 7. The van der Waals surface area contributed by atoms with Crippen LogP contribution in [0.5, 0.6) is 0 Å². The minimum absolute atomic E-state index is 0.655. The summed E-state index contributed by atoms with van der Waals surface area (Å²) in [6.07, 6.45) is 1.86. The van der Waals surface area contributed by atoms with Crippen LogP contribution in [-0.4, -0.2) is 28.7 Å². The minimum atomic E-state index is 0.655. The molecular formula is C14H24N2S. The predicted octanol–water partition coefficient (Wildman–Crippen LogP) is 3.11. The molecule has 96 valence electrons. The lowest BCUT2D eigenvalue weighted by molar-refractivity contribution is 0.214. The van der Waals surface area contributed by atoms with E-state index in [-0.39, 0.29) is 0 Å². The Morgan fingerprint density at radius 1 is 1.35 bits per heavy atom. The van der Waals surface area contributed by atoms with E-state index in [1.807, 2.05) is 12.3 Å². The second-order valence-electron chi connectivity index (χ2n) is 4.84. The van der Waals surface area contributed by atoms with Crippen LogP contribution < -0.4 is 0 Å². The second-order valence-corrected chi connectivity index (χ2v) is 5.20. The van der Waals surface area contributed by atoms with E-state index in [9.17, 15) is 0 Å². The normalized spacial score (nSPS) is 13.3. The summed E-state index contributed by atoms with van der Waals surface area (Å²) in [4.78, 5) is 6.83. The first-order valence-electron chi connectivity index (χ1n) is 6.40. The highest BCUT2D eigenvalue weighted by molar-refractivity contribution is 7.80. The van der Waals surface area contributed by atoms with Gasteiger partial charge in [0.1, 0.15) is 0 Å². The highest BCUT2D eigenvalue weighted by atomic mass is 32.1. The summed E-state index contributed by atoms with van der Waals surface area (Å²) in [7, 11) is 0. The topological polar surface area (TPSA) is 16.1 Å². The number of hydrogen-bond donors (Lipinski definition) is 1. The van der Waals surface area contributed by atoms with Gasteiger partial charge in [0.15, 0.2) is 0 Å². The molecule has 0 aliphatic rings. The Morgan fingerprint density at radius 2 is 2.12 bits per heavy atom. The fourth-order valence-electron chi connectivity index (χ4n) is 1.84. The van der Waals surface area contributed by atoms with Crippen LogP contribution in [-0.2, 0) is 6.54 Å². The fraction of sp³-hybridized carbons (Fsp3) is 0.643. The second kappa shape index (κ2) is 7.72. The van der Waals surface area contributed by atoms with E-state index >= 15 is 0 Å². The van der Waals surface area contributed by atoms with E-state index in [0.717, 1.165) is 31.1 Å². The Bertz CT molecular complexity index is 300. The molecule has 0 N–H and O–H groups in total. The van der Waals surface area contributed by atoms with Crippen molar-refractivity contribution in [1.29, 1.82) is 0 Å². The average molecular weight is 252 g/mol. The number of hydrogen-bond acceptors (Lipinski definition) is 3. The molecule has 0 radical (unpaired) electrons. The van der Waals surface area contributed by atoms with Crippen molar-refractivity contribution in [2.75, 3.05) is 18.8 Å². The monoisotopic (exact) mass is 252 g/mol. The zero-order valence-electron chi connectivity index (χ0n) is 11.1.